The van der Waals surface area contributed by atoms with Crippen LogP contribution in [-0.4, -0.2) is 10.8 Å². The van der Waals surface area contributed by atoms with E-state index in [4.69, 9.17) is 5.73 Å². The number of fused-ring (bicyclic) bond motifs is 2. The van der Waals surface area contributed by atoms with E-state index in [9.17, 15) is 0 Å². The second-order valence-electron chi connectivity index (χ2n) is 5.39. The lowest BCUT2D eigenvalue weighted by molar-refractivity contribution is 0.310. The van der Waals surface area contributed by atoms with Crippen LogP contribution in [0.5, 0.6) is 0 Å². The Morgan fingerprint density at radius 2 is 2.19 bits per heavy atom. The van der Waals surface area contributed by atoms with Crippen molar-refractivity contribution in [3.05, 3.63) is 22.9 Å². The van der Waals surface area contributed by atoms with Gasteiger partial charge < -0.3 is 5.73 Å². The summed E-state index contributed by atoms with van der Waals surface area (Å²) in [6, 6.07) is 2.11. The number of aryl methyl sites for hydroxylation is 1. The lowest BCUT2D eigenvalue weighted by Crippen LogP contribution is -2.24. The Bertz CT molecular complexity index is 488. The van der Waals surface area contributed by atoms with Gasteiger partial charge in [-0.15, -0.1) is 10.5 Å². The van der Waals surface area contributed by atoms with Crippen LogP contribution in [0.2, 0.25) is 0 Å². The molecule has 0 amide bonds. The zero-order chi connectivity index (χ0) is 11.3. The van der Waals surface area contributed by atoms with Gasteiger partial charge in [-0.2, -0.15) is 0 Å². The third-order valence-electron chi connectivity index (χ3n) is 3.42. The van der Waals surface area contributed by atoms with Crippen molar-refractivity contribution in [1.29, 1.82) is 0 Å². The maximum Gasteiger partial charge on any atom is 0.185 e. The minimum absolute atomic E-state index is 0.346. The average Bonchev–Trinajstić information content (AvgIpc) is 2.56. The van der Waals surface area contributed by atoms with Crippen LogP contribution in [0.4, 0.5) is 5.82 Å². The molecule has 83 valence electrons. The molecule has 0 saturated heterocycles. The molecule has 4 nitrogen and oxygen atoms in total. The van der Waals surface area contributed by atoms with Crippen LogP contribution in [0.25, 0.3) is 0 Å². The molecule has 1 aliphatic carbocycles. The topological polar surface area (TPSA) is 65.4 Å². The Morgan fingerprint density at radius 1 is 1.38 bits per heavy atom. The highest BCUT2D eigenvalue weighted by Gasteiger charge is 2.29. The molecule has 1 aromatic heterocycles. The summed E-state index contributed by atoms with van der Waals surface area (Å²) in [5.41, 5.74) is 13.5. The second-order valence-corrected chi connectivity index (χ2v) is 5.39. The molecule has 2 aliphatic rings. The van der Waals surface area contributed by atoms with Gasteiger partial charge in [0, 0.05) is 5.69 Å². The first-order valence-corrected chi connectivity index (χ1v) is 5.62. The van der Waals surface area contributed by atoms with E-state index in [0.717, 1.165) is 18.4 Å². The van der Waals surface area contributed by atoms with E-state index in [-0.39, 0.29) is 0 Å². The molecule has 0 atom stereocenters. The molecule has 0 saturated carbocycles. The minimum Gasteiger partial charge on any atom is -0.382 e. The van der Waals surface area contributed by atoms with Gasteiger partial charge in [0.25, 0.3) is 0 Å². The predicted octanol–water partition coefficient (Wildman–Crippen LogP) is 1.47. The fourth-order valence-corrected chi connectivity index (χ4v) is 2.39. The number of nitrogens with zero attached hydrogens (tertiary/aromatic N) is 3. The molecule has 0 unspecified atom stereocenters. The summed E-state index contributed by atoms with van der Waals surface area (Å²) < 4.78 is 0. The summed E-state index contributed by atoms with van der Waals surface area (Å²) in [6.07, 6.45) is 3.30. The Morgan fingerprint density at radius 3 is 3.00 bits per heavy atom. The summed E-state index contributed by atoms with van der Waals surface area (Å²) in [7, 11) is 0. The van der Waals surface area contributed by atoms with Crippen LogP contribution < -0.4 is 11.2 Å². The molecule has 4 heteroatoms. The molecule has 0 bridgehead atoms. The zero-order valence-corrected chi connectivity index (χ0v) is 9.62. The van der Waals surface area contributed by atoms with Crippen LogP contribution in [-0.2, 0) is 12.8 Å². The van der Waals surface area contributed by atoms with Crippen molar-refractivity contribution in [3.8, 4) is 0 Å². The van der Waals surface area contributed by atoms with E-state index >= 15 is 0 Å². The van der Waals surface area contributed by atoms with Crippen molar-refractivity contribution in [1.82, 2.24) is 10.4 Å². The van der Waals surface area contributed by atoms with Gasteiger partial charge in [0.05, 0.1) is 5.56 Å². The molecule has 2 N–H and O–H groups in total. The van der Waals surface area contributed by atoms with Gasteiger partial charge in [-0.25, -0.2) is 4.98 Å². The van der Waals surface area contributed by atoms with Crippen molar-refractivity contribution in [3.63, 3.8) is 0 Å². The van der Waals surface area contributed by atoms with E-state index < -0.39 is 0 Å². The van der Waals surface area contributed by atoms with Crippen molar-refractivity contribution >= 4 is 11.7 Å². The number of amidine groups is 1. The number of nitrogens with two attached hydrogens (primary N) is 1. The lowest BCUT2D eigenvalue weighted by atomic mass is 9.76. The first-order valence-electron chi connectivity index (χ1n) is 5.62. The van der Waals surface area contributed by atoms with Gasteiger partial charge >= 0.3 is 0 Å². The highest BCUT2D eigenvalue weighted by Crippen LogP contribution is 2.35. The maximum atomic E-state index is 5.75. The SMILES string of the molecule is CC1(C)CCc2cc3c(nc2C1)[N]N=C3N. The van der Waals surface area contributed by atoms with Crippen LogP contribution in [0.3, 0.4) is 0 Å². The molecule has 16 heavy (non-hydrogen) atoms. The first-order chi connectivity index (χ1) is 7.55. The number of aromatic nitrogens is 1. The Labute approximate surface area is 94.9 Å². The predicted molar refractivity (Wildman–Crippen MR) is 62.6 cm³/mol. The minimum atomic E-state index is 0.346. The summed E-state index contributed by atoms with van der Waals surface area (Å²) in [5.74, 6) is 1.18. The Balaban J connectivity index is 2.07. The standard InChI is InChI=1S/C12H15N4/c1-12(2)4-3-7-5-8-10(13)15-16-11(8)14-9(7)6-12/h5H,3-4,6H2,1-2H3,(H2,13,15). The van der Waals surface area contributed by atoms with Crippen LogP contribution in [0.1, 0.15) is 37.1 Å². The van der Waals surface area contributed by atoms with Crippen molar-refractivity contribution < 1.29 is 0 Å². The molecule has 0 fully saturated rings. The van der Waals surface area contributed by atoms with Gasteiger partial charge in [-0.1, -0.05) is 13.8 Å². The van der Waals surface area contributed by atoms with Crippen molar-refractivity contribution in [2.75, 3.05) is 0 Å². The molecular formula is C12H15N4. The fourth-order valence-electron chi connectivity index (χ4n) is 2.39. The number of hydrogen-bond donors (Lipinski definition) is 1. The molecule has 0 spiro atoms. The van der Waals surface area contributed by atoms with E-state index in [1.807, 2.05) is 0 Å². The van der Waals surface area contributed by atoms with Gasteiger partial charge in [-0.05, 0) is 36.3 Å². The van der Waals surface area contributed by atoms with E-state index in [2.05, 4.69) is 35.4 Å². The monoisotopic (exact) mass is 215 g/mol. The third kappa shape index (κ3) is 1.37. The molecule has 3 rings (SSSR count). The number of hydrogen-bond acceptors (Lipinski definition) is 3. The molecule has 1 radical (unpaired) electrons. The first kappa shape index (κ1) is 9.63. The van der Waals surface area contributed by atoms with Crippen LogP contribution in [0, 0.1) is 5.41 Å². The molecule has 0 aromatic carbocycles. The molecule has 1 aliphatic heterocycles. The van der Waals surface area contributed by atoms with Crippen molar-refractivity contribution in [2.45, 2.75) is 33.1 Å². The van der Waals surface area contributed by atoms with Crippen molar-refractivity contribution in [2.24, 2.45) is 16.3 Å². The largest absolute Gasteiger partial charge is 0.382 e. The smallest absolute Gasteiger partial charge is 0.185 e. The summed E-state index contributed by atoms with van der Waals surface area (Å²) >= 11 is 0. The molecule has 1 aromatic rings. The summed E-state index contributed by atoms with van der Waals surface area (Å²) in [4.78, 5) is 4.58. The Kier molecular flexibility index (Phi) is 1.79. The van der Waals surface area contributed by atoms with Gasteiger partial charge in [-0.3, -0.25) is 0 Å². The quantitative estimate of drug-likeness (QED) is 0.712. The maximum absolute atomic E-state index is 5.75. The number of pyridine rings is 1. The fraction of sp³-hybridized carbons (Fsp3) is 0.500. The summed E-state index contributed by atoms with van der Waals surface area (Å²) in [5, 5.41) is 3.87. The van der Waals surface area contributed by atoms with Gasteiger partial charge in [0.15, 0.2) is 11.7 Å². The molecular weight excluding hydrogens is 200 g/mol. The lowest BCUT2D eigenvalue weighted by Gasteiger charge is -2.30. The highest BCUT2D eigenvalue weighted by atomic mass is 15.4. The zero-order valence-electron chi connectivity index (χ0n) is 9.62. The van der Waals surface area contributed by atoms with Crippen LogP contribution >= 0.6 is 0 Å². The number of rotatable bonds is 0. The normalized spacial score (nSPS) is 20.8. The Hall–Kier alpha value is -1.58. The second kappa shape index (κ2) is 2.97. The van der Waals surface area contributed by atoms with Gasteiger partial charge in [0.1, 0.15) is 0 Å². The highest BCUT2D eigenvalue weighted by molar-refractivity contribution is 6.03. The average molecular weight is 215 g/mol. The van der Waals surface area contributed by atoms with Gasteiger partial charge in [0.2, 0.25) is 0 Å². The summed E-state index contributed by atoms with van der Waals surface area (Å²) in [6.45, 7) is 4.57. The van der Waals surface area contributed by atoms with E-state index in [1.165, 1.54) is 17.7 Å². The molecule has 2 heterocycles. The third-order valence-corrected chi connectivity index (χ3v) is 3.42. The van der Waals surface area contributed by atoms with E-state index in [1.54, 1.807) is 0 Å². The van der Waals surface area contributed by atoms with E-state index in [0.29, 0.717) is 17.1 Å². The van der Waals surface area contributed by atoms with Crippen LogP contribution in [0.15, 0.2) is 11.2 Å².